The third-order valence-corrected chi connectivity index (χ3v) is 3.37. The lowest BCUT2D eigenvalue weighted by atomic mass is 10.3. The standard InChI is InChI=1S/C11H9N3S/c1-7-10(13-6-12-7)11-14-8-4-2-3-5-9(8)15-11/h2-6H,1H3,(H,12,13). The lowest BCUT2D eigenvalue weighted by Crippen LogP contribution is -1.78. The monoisotopic (exact) mass is 215 g/mol. The van der Waals surface area contributed by atoms with Gasteiger partial charge in [-0.15, -0.1) is 11.3 Å². The van der Waals surface area contributed by atoms with Crippen molar-refractivity contribution in [3.63, 3.8) is 0 Å². The number of nitrogens with one attached hydrogen (secondary N) is 1. The Labute approximate surface area is 90.8 Å². The molecule has 2 aromatic heterocycles. The molecule has 0 aliphatic carbocycles. The van der Waals surface area contributed by atoms with Crippen molar-refractivity contribution in [2.75, 3.05) is 0 Å². The average Bonchev–Trinajstić information content (AvgIpc) is 2.82. The Bertz CT molecular complexity index is 576. The predicted molar refractivity (Wildman–Crippen MR) is 61.9 cm³/mol. The van der Waals surface area contributed by atoms with Crippen molar-refractivity contribution in [1.29, 1.82) is 0 Å². The summed E-state index contributed by atoms with van der Waals surface area (Å²) in [6, 6.07) is 8.14. The maximum atomic E-state index is 4.55. The summed E-state index contributed by atoms with van der Waals surface area (Å²) in [6.45, 7) is 2.01. The number of benzene rings is 1. The molecule has 1 N–H and O–H groups in total. The van der Waals surface area contributed by atoms with E-state index < -0.39 is 0 Å². The van der Waals surface area contributed by atoms with Crippen LogP contribution >= 0.6 is 11.3 Å². The van der Waals surface area contributed by atoms with Gasteiger partial charge in [0, 0.05) is 5.69 Å². The van der Waals surface area contributed by atoms with Crippen LogP contribution < -0.4 is 0 Å². The fraction of sp³-hybridized carbons (Fsp3) is 0.0909. The fourth-order valence-corrected chi connectivity index (χ4v) is 2.57. The van der Waals surface area contributed by atoms with Crippen molar-refractivity contribution in [3.05, 3.63) is 36.3 Å². The number of aryl methyl sites for hydroxylation is 1. The van der Waals surface area contributed by atoms with Crippen molar-refractivity contribution in [2.45, 2.75) is 6.92 Å². The number of H-pyrrole nitrogens is 1. The van der Waals surface area contributed by atoms with Gasteiger partial charge in [-0.3, -0.25) is 0 Å². The maximum absolute atomic E-state index is 4.55. The number of aromatic amines is 1. The molecule has 0 radical (unpaired) electrons. The summed E-state index contributed by atoms with van der Waals surface area (Å²) in [4.78, 5) is 11.9. The number of thiazole rings is 1. The second kappa shape index (κ2) is 3.17. The van der Waals surface area contributed by atoms with E-state index in [1.165, 1.54) is 4.70 Å². The Morgan fingerprint density at radius 2 is 2.13 bits per heavy atom. The number of imidazole rings is 1. The van der Waals surface area contributed by atoms with E-state index in [1.54, 1.807) is 17.7 Å². The van der Waals surface area contributed by atoms with Gasteiger partial charge in [0.25, 0.3) is 0 Å². The minimum absolute atomic E-state index is 0.955. The summed E-state index contributed by atoms with van der Waals surface area (Å²) < 4.78 is 1.20. The predicted octanol–water partition coefficient (Wildman–Crippen LogP) is 2.99. The van der Waals surface area contributed by atoms with Gasteiger partial charge >= 0.3 is 0 Å². The van der Waals surface area contributed by atoms with Gasteiger partial charge in [-0.1, -0.05) is 12.1 Å². The molecule has 0 aliphatic rings. The number of rotatable bonds is 1. The summed E-state index contributed by atoms with van der Waals surface area (Å²) in [7, 11) is 0. The molecule has 15 heavy (non-hydrogen) atoms. The van der Waals surface area contributed by atoms with E-state index in [-0.39, 0.29) is 0 Å². The van der Waals surface area contributed by atoms with Gasteiger partial charge in [0.1, 0.15) is 10.7 Å². The third kappa shape index (κ3) is 1.34. The molecule has 0 aliphatic heterocycles. The molecule has 0 fully saturated rings. The highest BCUT2D eigenvalue weighted by atomic mass is 32.1. The second-order valence-corrected chi connectivity index (χ2v) is 4.39. The van der Waals surface area contributed by atoms with Gasteiger partial charge in [-0.05, 0) is 19.1 Å². The van der Waals surface area contributed by atoms with Crippen molar-refractivity contribution in [3.8, 4) is 10.7 Å². The molecular formula is C11H9N3S. The molecule has 3 rings (SSSR count). The molecular weight excluding hydrogens is 206 g/mol. The zero-order valence-electron chi connectivity index (χ0n) is 8.19. The minimum Gasteiger partial charge on any atom is -0.348 e. The van der Waals surface area contributed by atoms with Crippen LogP contribution in [0.1, 0.15) is 5.69 Å². The minimum atomic E-state index is 0.955. The van der Waals surface area contributed by atoms with E-state index in [9.17, 15) is 0 Å². The first-order valence-electron chi connectivity index (χ1n) is 4.70. The first kappa shape index (κ1) is 8.61. The molecule has 4 heteroatoms. The Kier molecular flexibility index (Phi) is 1.82. The number of para-hydroxylation sites is 1. The molecule has 0 unspecified atom stereocenters. The smallest absolute Gasteiger partial charge is 0.144 e. The Balaban J connectivity index is 2.24. The highest BCUT2D eigenvalue weighted by Crippen LogP contribution is 2.29. The molecule has 0 saturated heterocycles. The lowest BCUT2D eigenvalue weighted by molar-refractivity contribution is 1.25. The largest absolute Gasteiger partial charge is 0.348 e. The zero-order valence-corrected chi connectivity index (χ0v) is 9.01. The van der Waals surface area contributed by atoms with Crippen molar-refractivity contribution < 1.29 is 0 Å². The summed E-state index contributed by atoms with van der Waals surface area (Å²) in [5.41, 5.74) is 3.06. The van der Waals surface area contributed by atoms with Gasteiger partial charge in [0.2, 0.25) is 0 Å². The Morgan fingerprint density at radius 3 is 2.87 bits per heavy atom. The number of hydrogen-bond donors (Lipinski definition) is 1. The van der Waals surface area contributed by atoms with Crippen LogP contribution in [0, 0.1) is 6.92 Å². The van der Waals surface area contributed by atoms with Crippen molar-refractivity contribution >= 4 is 21.6 Å². The van der Waals surface area contributed by atoms with E-state index in [1.807, 2.05) is 25.1 Å². The summed E-state index contributed by atoms with van der Waals surface area (Å²) in [5, 5.41) is 0.981. The van der Waals surface area contributed by atoms with E-state index in [2.05, 4.69) is 21.0 Å². The van der Waals surface area contributed by atoms with Crippen LogP contribution in [0.5, 0.6) is 0 Å². The molecule has 0 saturated carbocycles. The molecule has 3 aromatic rings. The second-order valence-electron chi connectivity index (χ2n) is 3.36. The molecule has 0 amide bonds. The first-order chi connectivity index (χ1) is 7.34. The quantitative estimate of drug-likeness (QED) is 0.678. The maximum Gasteiger partial charge on any atom is 0.144 e. The van der Waals surface area contributed by atoms with Gasteiger partial charge in [-0.25, -0.2) is 9.97 Å². The first-order valence-corrected chi connectivity index (χ1v) is 5.52. The summed E-state index contributed by atoms with van der Waals surface area (Å²) in [6.07, 6.45) is 1.71. The number of fused-ring (bicyclic) bond motifs is 1. The highest BCUT2D eigenvalue weighted by Gasteiger charge is 2.09. The van der Waals surface area contributed by atoms with E-state index in [0.29, 0.717) is 0 Å². The van der Waals surface area contributed by atoms with E-state index in [0.717, 1.165) is 21.9 Å². The van der Waals surface area contributed by atoms with E-state index in [4.69, 9.17) is 0 Å². The van der Waals surface area contributed by atoms with Crippen LogP contribution in [-0.2, 0) is 0 Å². The van der Waals surface area contributed by atoms with Gasteiger partial charge in [-0.2, -0.15) is 0 Å². The van der Waals surface area contributed by atoms with Crippen LogP contribution in [0.2, 0.25) is 0 Å². The molecule has 0 bridgehead atoms. The van der Waals surface area contributed by atoms with E-state index >= 15 is 0 Å². The van der Waals surface area contributed by atoms with Crippen LogP contribution in [0.15, 0.2) is 30.6 Å². The number of aromatic nitrogens is 3. The molecule has 2 heterocycles. The zero-order chi connectivity index (χ0) is 10.3. The molecule has 0 atom stereocenters. The summed E-state index contributed by atoms with van der Waals surface area (Å²) >= 11 is 1.68. The fourth-order valence-electron chi connectivity index (χ4n) is 1.55. The van der Waals surface area contributed by atoms with Crippen molar-refractivity contribution in [1.82, 2.24) is 15.0 Å². The molecule has 1 aromatic carbocycles. The van der Waals surface area contributed by atoms with Crippen LogP contribution in [0.4, 0.5) is 0 Å². The lowest BCUT2D eigenvalue weighted by Gasteiger charge is -1.89. The highest BCUT2D eigenvalue weighted by molar-refractivity contribution is 7.21. The molecule has 74 valence electrons. The van der Waals surface area contributed by atoms with Crippen LogP contribution in [-0.4, -0.2) is 15.0 Å². The van der Waals surface area contributed by atoms with Gasteiger partial charge < -0.3 is 4.98 Å². The average molecular weight is 215 g/mol. The van der Waals surface area contributed by atoms with Gasteiger partial charge in [0.05, 0.1) is 16.5 Å². The molecule has 3 nitrogen and oxygen atoms in total. The van der Waals surface area contributed by atoms with Crippen molar-refractivity contribution in [2.24, 2.45) is 0 Å². The number of nitrogens with zero attached hydrogens (tertiary/aromatic N) is 2. The molecule has 0 spiro atoms. The third-order valence-electron chi connectivity index (χ3n) is 2.33. The van der Waals surface area contributed by atoms with Crippen LogP contribution in [0.25, 0.3) is 20.9 Å². The van der Waals surface area contributed by atoms with Gasteiger partial charge in [0.15, 0.2) is 0 Å². The Morgan fingerprint density at radius 1 is 1.27 bits per heavy atom. The SMILES string of the molecule is Cc1[nH]cnc1-c1nc2ccccc2s1. The van der Waals surface area contributed by atoms with Crippen LogP contribution in [0.3, 0.4) is 0 Å². The normalized spacial score (nSPS) is 11.0. The Hall–Kier alpha value is -1.68. The summed E-state index contributed by atoms with van der Waals surface area (Å²) in [5.74, 6) is 0. The number of hydrogen-bond acceptors (Lipinski definition) is 3. The topological polar surface area (TPSA) is 41.6 Å².